The molecule has 28 heavy (non-hydrogen) atoms. The number of fused-ring (bicyclic) bond motifs is 1. The summed E-state index contributed by atoms with van der Waals surface area (Å²) in [6.07, 6.45) is 2.86. The Kier molecular flexibility index (Phi) is 6.02. The van der Waals surface area contributed by atoms with Gasteiger partial charge < -0.3 is 5.32 Å². The second kappa shape index (κ2) is 8.84. The lowest BCUT2D eigenvalue weighted by atomic mass is 10.2. The molecular formula is C21H21N3O2S2. The molecule has 1 fully saturated rings. The highest BCUT2D eigenvalue weighted by Crippen LogP contribution is 2.44. The van der Waals surface area contributed by atoms with Gasteiger partial charge in [0.15, 0.2) is 0 Å². The van der Waals surface area contributed by atoms with Crippen LogP contribution < -0.4 is 10.7 Å². The number of aryl methyl sites for hydroxylation is 1. The van der Waals surface area contributed by atoms with Crippen LogP contribution >= 0.6 is 23.5 Å². The quantitative estimate of drug-likeness (QED) is 0.678. The number of hydrogen-bond acceptors (Lipinski definition) is 5. The van der Waals surface area contributed by atoms with Crippen LogP contribution in [0.5, 0.6) is 0 Å². The van der Waals surface area contributed by atoms with Crippen molar-refractivity contribution in [3.05, 3.63) is 70.5 Å². The summed E-state index contributed by atoms with van der Waals surface area (Å²) in [7, 11) is 0. The number of carbonyl (C=O) groups excluding carboxylic acids is 1. The van der Waals surface area contributed by atoms with Crippen molar-refractivity contribution in [1.29, 1.82) is 0 Å². The van der Waals surface area contributed by atoms with Gasteiger partial charge in [-0.1, -0.05) is 24.3 Å². The highest BCUT2D eigenvalue weighted by Gasteiger charge is 2.17. The predicted molar refractivity (Wildman–Crippen MR) is 118 cm³/mol. The number of hydrogen-bond donors (Lipinski definition) is 1. The van der Waals surface area contributed by atoms with E-state index in [1.165, 1.54) is 29.7 Å². The Morgan fingerprint density at radius 1 is 1.14 bits per heavy atom. The first-order valence-electron chi connectivity index (χ1n) is 9.28. The van der Waals surface area contributed by atoms with Crippen molar-refractivity contribution < 1.29 is 4.79 Å². The average Bonchev–Trinajstić information content (AvgIpc) is 2.74. The Morgan fingerprint density at radius 2 is 1.96 bits per heavy atom. The maximum absolute atomic E-state index is 12.5. The molecule has 0 aliphatic carbocycles. The lowest BCUT2D eigenvalue weighted by molar-refractivity contribution is -0.116. The van der Waals surface area contributed by atoms with Crippen molar-refractivity contribution in [2.75, 3.05) is 16.8 Å². The molecule has 144 valence electrons. The first-order valence-corrected chi connectivity index (χ1v) is 11.4. The minimum Gasteiger partial charge on any atom is -0.326 e. The molecule has 7 heteroatoms. The molecule has 2 heterocycles. The minimum atomic E-state index is -0.105. The number of rotatable bonds is 5. The zero-order chi connectivity index (χ0) is 19.3. The fourth-order valence-corrected chi connectivity index (χ4v) is 6.09. The van der Waals surface area contributed by atoms with E-state index < -0.39 is 0 Å². The molecule has 0 atom stereocenters. The first kappa shape index (κ1) is 19.1. The largest absolute Gasteiger partial charge is 0.326 e. The Balaban J connectivity index is 1.41. The monoisotopic (exact) mass is 411 g/mol. The predicted octanol–water partition coefficient (Wildman–Crippen LogP) is 4.29. The number of nitrogens with one attached hydrogen (secondary N) is 1. The van der Waals surface area contributed by atoms with Crippen LogP contribution in [0.15, 0.2) is 59.5 Å². The van der Waals surface area contributed by atoms with Gasteiger partial charge in [-0.3, -0.25) is 14.3 Å². The lowest BCUT2D eigenvalue weighted by Crippen LogP contribution is -2.18. The van der Waals surface area contributed by atoms with Gasteiger partial charge >= 0.3 is 0 Å². The molecule has 0 spiro atoms. The summed E-state index contributed by atoms with van der Waals surface area (Å²) < 4.78 is 2.16. The molecule has 1 N–H and O–H groups in total. The van der Waals surface area contributed by atoms with Crippen LogP contribution in [-0.2, 0) is 11.3 Å². The number of amides is 1. The van der Waals surface area contributed by atoms with Crippen molar-refractivity contribution in [3.8, 4) is 0 Å². The van der Waals surface area contributed by atoms with E-state index in [1.807, 2.05) is 53.9 Å². The average molecular weight is 412 g/mol. The molecule has 1 saturated heterocycles. The van der Waals surface area contributed by atoms with Gasteiger partial charge in [0, 0.05) is 17.5 Å². The summed E-state index contributed by atoms with van der Waals surface area (Å²) in [5, 5.41) is 7.79. The summed E-state index contributed by atoms with van der Waals surface area (Å²) in [6, 6.07) is 15.4. The molecule has 5 nitrogen and oxygen atoms in total. The van der Waals surface area contributed by atoms with Gasteiger partial charge in [0.1, 0.15) is 0 Å². The van der Waals surface area contributed by atoms with Gasteiger partial charge in [-0.15, -0.1) is 23.5 Å². The third-order valence-electron chi connectivity index (χ3n) is 4.58. The number of aromatic nitrogens is 2. The van der Waals surface area contributed by atoms with Crippen molar-refractivity contribution in [2.45, 2.75) is 24.0 Å². The Hall–Kier alpha value is -2.25. The molecule has 0 radical (unpaired) electrons. The smallest absolute Gasteiger partial charge is 0.226 e. The summed E-state index contributed by atoms with van der Waals surface area (Å²) >= 11 is 3.93. The number of para-hydroxylation sites is 1. The second-order valence-electron chi connectivity index (χ2n) is 6.60. The number of anilines is 1. The number of benzene rings is 2. The van der Waals surface area contributed by atoms with E-state index in [1.54, 1.807) is 10.7 Å². The van der Waals surface area contributed by atoms with Gasteiger partial charge in [-0.2, -0.15) is 5.10 Å². The van der Waals surface area contributed by atoms with Crippen LogP contribution in [0.25, 0.3) is 10.9 Å². The van der Waals surface area contributed by atoms with Crippen LogP contribution in [0.2, 0.25) is 0 Å². The number of thioether (sulfide) groups is 2. The first-order chi connectivity index (χ1) is 13.7. The third kappa shape index (κ3) is 4.42. The fraction of sp³-hybridized carbons (Fsp3) is 0.286. The van der Waals surface area contributed by atoms with Crippen molar-refractivity contribution >= 4 is 46.0 Å². The number of nitrogens with zero attached hydrogens (tertiary/aromatic N) is 2. The van der Waals surface area contributed by atoms with Crippen molar-refractivity contribution in [2.24, 2.45) is 0 Å². The molecule has 4 rings (SSSR count). The highest BCUT2D eigenvalue weighted by molar-refractivity contribution is 8.16. The zero-order valence-electron chi connectivity index (χ0n) is 15.3. The van der Waals surface area contributed by atoms with Crippen molar-refractivity contribution in [1.82, 2.24) is 9.78 Å². The molecule has 1 aromatic heterocycles. The van der Waals surface area contributed by atoms with Gasteiger partial charge in [-0.25, -0.2) is 0 Å². The molecular weight excluding hydrogens is 390 g/mol. The molecule has 1 aliphatic heterocycles. The molecule has 1 amide bonds. The molecule has 1 aliphatic rings. The third-order valence-corrected chi connectivity index (χ3v) is 7.60. The maximum Gasteiger partial charge on any atom is 0.226 e. The number of carbonyl (C=O) groups is 1. The summed E-state index contributed by atoms with van der Waals surface area (Å²) in [5.74, 6) is 2.31. The van der Waals surface area contributed by atoms with E-state index in [2.05, 4.69) is 22.5 Å². The molecule has 0 bridgehead atoms. The molecule has 0 unspecified atom stereocenters. The Labute approximate surface area is 171 Å². The van der Waals surface area contributed by atoms with Gasteiger partial charge in [0.05, 0.1) is 22.8 Å². The SMILES string of the molecule is O=C(CCn1ncc(=O)c2ccccc21)Nc1cccc(C2SCCCS2)c1. The van der Waals surface area contributed by atoms with Gasteiger partial charge in [0.25, 0.3) is 0 Å². The lowest BCUT2D eigenvalue weighted by Gasteiger charge is -2.21. The molecule has 2 aromatic carbocycles. The van der Waals surface area contributed by atoms with Crippen LogP contribution in [0.3, 0.4) is 0 Å². The van der Waals surface area contributed by atoms with Gasteiger partial charge in [-0.05, 0) is 47.8 Å². The normalized spacial score (nSPS) is 14.9. The van der Waals surface area contributed by atoms with Crippen molar-refractivity contribution in [3.63, 3.8) is 0 Å². The standard InChI is InChI=1S/C21H21N3O2S2/c25-19-14-22-24(18-8-2-1-7-17(18)19)10-9-20(26)23-16-6-3-5-15(13-16)21-27-11-4-12-28-21/h1-3,5-8,13-14,21H,4,9-12H2,(H,23,26). The Bertz CT molecular complexity index is 1050. The fourth-order valence-electron chi connectivity index (χ4n) is 3.21. The van der Waals surface area contributed by atoms with E-state index >= 15 is 0 Å². The van der Waals surface area contributed by atoms with Crippen LogP contribution in [0.4, 0.5) is 5.69 Å². The van der Waals surface area contributed by atoms with Gasteiger partial charge in [0.2, 0.25) is 11.3 Å². The molecule has 0 saturated carbocycles. The van der Waals surface area contributed by atoms with Crippen LogP contribution in [0.1, 0.15) is 23.0 Å². The second-order valence-corrected chi connectivity index (χ2v) is 9.32. The topological polar surface area (TPSA) is 64.0 Å². The highest BCUT2D eigenvalue weighted by atomic mass is 32.2. The van der Waals surface area contributed by atoms with Crippen LogP contribution in [0, 0.1) is 0 Å². The maximum atomic E-state index is 12.5. The Morgan fingerprint density at radius 3 is 2.82 bits per heavy atom. The van der Waals surface area contributed by atoms with E-state index in [-0.39, 0.29) is 17.8 Å². The van der Waals surface area contributed by atoms with E-state index in [9.17, 15) is 9.59 Å². The summed E-state index contributed by atoms with van der Waals surface area (Å²) in [4.78, 5) is 24.4. The van der Waals surface area contributed by atoms with E-state index in [0.717, 1.165) is 11.2 Å². The van der Waals surface area contributed by atoms with Crippen LogP contribution in [-0.4, -0.2) is 27.2 Å². The van der Waals surface area contributed by atoms with E-state index in [4.69, 9.17) is 0 Å². The summed E-state index contributed by atoms with van der Waals surface area (Å²) in [6.45, 7) is 0.417. The minimum absolute atomic E-state index is 0.0642. The molecule has 3 aromatic rings. The van der Waals surface area contributed by atoms with E-state index in [0.29, 0.717) is 16.5 Å². The summed E-state index contributed by atoms with van der Waals surface area (Å²) in [5.41, 5.74) is 2.72. The zero-order valence-corrected chi connectivity index (χ0v) is 17.0.